The highest BCUT2D eigenvalue weighted by molar-refractivity contribution is 6.30. The molecule has 27 heavy (non-hydrogen) atoms. The smallest absolute Gasteiger partial charge is 0.105 e. The number of aryl methyl sites for hydroxylation is 1. The number of aliphatic hydroxyl groups is 1. The zero-order valence-electron chi connectivity index (χ0n) is 15.8. The molecule has 2 unspecified atom stereocenters. The Labute approximate surface area is 164 Å². The Hall–Kier alpha value is -2.30. The highest BCUT2D eigenvalue weighted by Crippen LogP contribution is 2.43. The predicted octanol–water partition coefficient (Wildman–Crippen LogP) is 3.68. The van der Waals surface area contributed by atoms with E-state index in [0.717, 1.165) is 29.1 Å². The first-order valence-electron chi connectivity index (χ1n) is 9.17. The van der Waals surface area contributed by atoms with Crippen LogP contribution < -0.4 is 5.32 Å². The predicted molar refractivity (Wildman–Crippen MR) is 110 cm³/mol. The Morgan fingerprint density at radius 3 is 2.93 bits per heavy atom. The van der Waals surface area contributed by atoms with Crippen LogP contribution >= 0.6 is 11.6 Å². The highest BCUT2D eigenvalue weighted by Gasteiger charge is 2.37. The van der Waals surface area contributed by atoms with Gasteiger partial charge in [-0.05, 0) is 67.0 Å². The van der Waals surface area contributed by atoms with Gasteiger partial charge in [0.05, 0.1) is 18.1 Å². The molecule has 5 heteroatoms. The zero-order valence-corrected chi connectivity index (χ0v) is 16.6. The lowest BCUT2D eigenvalue weighted by Crippen LogP contribution is -2.31. The largest absolute Gasteiger partial charge is 0.395 e. The van der Waals surface area contributed by atoms with E-state index < -0.39 is 5.41 Å². The fourth-order valence-electron chi connectivity index (χ4n) is 4.09. The molecule has 2 aliphatic rings. The van der Waals surface area contributed by atoms with Crippen LogP contribution in [0.4, 0.5) is 0 Å². The van der Waals surface area contributed by atoms with Crippen LogP contribution in [0.1, 0.15) is 29.6 Å². The second kappa shape index (κ2) is 6.70. The number of hydrogen-bond donors (Lipinski definition) is 2. The topological polar surface area (TPSA) is 50.1 Å². The first kappa shape index (κ1) is 18.1. The number of nitrogens with zero attached hydrogens (tertiary/aromatic N) is 2. The van der Waals surface area contributed by atoms with Crippen molar-refractivity contribution in [1.82, 2.24) is 14.9 Å². The van der Waals surface area contributed by atoms with Gasteiger partial charge in [0.15, 0.2) is 0 Å². The number of benzene rings is 1. The maximum atomic E-state index is 10.5. The van der Waals surface area contributed by atoms with E-state index in [9.17, 15) is 5.11 Å². The second-order valence-electron chi connectivity index (χ2n) is 7.55. The van der Waals surface area contributed by atoms with Gasteiger partial charge in [-0.25, -0.2) is 4.98 Å². The van der Waals surface area contributed by atoms with Gasteiger partial charge >= 0.3 is 0 Å². The zero-order chi connectivity index (χ0) is 19.2. The minimum absolute atomic E-state index is 0.0228. The maximum absolute atomic E-state index is 10.5. The van der Waals surface area contributed by atoms with Gasteiger partial charge in [-0.15, -0.1) is 0 Å². The summed E-state index contributed by atoms with van der Waals surface area (Å²) >= 11 is 6.37. The van der Waals surface area contributed by atoms with Crippen molar-refractivity contribution in [3.63, 3.8) is 0 Å². The molecule has 0 radical (unpaired) electrons. The lowest BCUT2D eigenvalue weighted by molar-refractivity contribution is 0.236. The highest BCUT2D eigenvalue weighted by atomic mass is 35.5. The van der Waals surface area contributed by atoms with Crippen LogP contribution in [0.2, 0.25) is 5.02 Å². The van der Waals surface area contributed by atoms with E-state index in [1.165, 1.54) is 11.1 Å². The monoisotopic (exact) mass is 381 g/mol. The summed E-state index contributed by atoms with van der Waals surface area (Å²) in [5.41, 5.74) is 4.97. The molecule has 0 spiro atoms. The molecule has 1 aromatic carbocycles. The van der Waals surface area contributed by atoms with Crippen LogP contribution in [-0.2, 0) is 18.9 Å². The number of rotatable bonds is 3. The van der Waals surface area contributed by atoms with Gasteiger partial charge < -0.3 is 15.0 Å². The van der Waals surface area contributed by atoms with Crippen molar-refractivity contribution in [3.8, 4) is 0 Å². The summed E-state index contributed by atoms with van der Waals surface area (Å²) in [6.07, 6.45) is 11.1. The molecule has 0 saturated heterocycles. The lowest BCUT2D eigenvalue weighted by Gasteiger charge is -2.32. The number of aliphatic hydroxyl groups excluding tert-OH is 1. The molecule has 4 rings (SSSR count). The number of dihydropyridines is 1. The molecule has 1 aliphatic heterocycles. The quantitative estimate of drug-likeness (QED) is 0.852. The maximum Gasteiger partial charge on any atom is 0.105 e. The molecule has 2 atom stereocenters. The molecule has 4 nitrogen and oxygen atoms in total. The van der Waals surface area contributed by atoms with Gasteiger partial charge in [0, 0.05) is 24.0 Å². The molecule has 2 aromatic rings. The molecule has 2 N–H and O–H groups in total. The molecule has 1 aliphatic carbocycles. The molecular formula is C22H24ClN3O. The Kier molecular flexibility index (Phi) is 4.49. The van der Waals surface area contributed by atoms with Crippen molar-refractivity contribution in [2.24, 2.45) is 7.05 Å². The van der Waals surface area contributed by atoms with Crippen LogP contribution in [0, 0.1) is 6.92 Å². The standard InChI is InChI=1S/C22H24ClN3O/c1-14-25-12-21(26(14)3)22(2,13-27)19-9-16-5-4-8-24-20(16)10-15-6-7-17(23)11-18(15)19/h4-9,11-12,20,24,27H,10,13H2,1-3H3. The van der Waals surface area contributed by atoms with E-state index in [1.54, 1.807) is 0 Å². The van der Waals surface area contributed by atoms with Crippen molar-refractivity contribution >= 4 is 17.2 Å². The summed E-state index contributed by atoms with van der Waals surface area (Å²) in [4.78, 5) is 4.46. The SMILES string of the molecule is Cc1ncc(C(C)(CO)C2=CC3=CC=CNC3Cc3ccc(Cl)cc32)n1C. The molecule has 0 bridgehead atoms. The van der Waals surface area contributed by atoms with Gasteiger partial charge in [0.25, 0.3) is 0 Å². The van der Waals surface area contributed by atoms with E-state index in [0.29, 0.717) is 5.02 Å². The van der Waals surface area contributed by atoms with E-state index in [-0.39, 0.29) is 12.6 Å². The van der Waals surface area contributed by atoms with Gasteiger partial charge in [-0.3, -0.25) is 0 Å². The van der Waals surface area contributed by atoms with Crippen LogP contribution in [0.15, 0.2) is 54.4 Å². The van der Waals surface area contributed by atoms with Crippen molar-refractivity contribution in [2.75, 3.05) is 6.61 Å². The Bertz CT molecular complexity index is 985. The number of nitrogens with one attached hydrogen (secondary N) is 1. The average molecular weight is 382 g/mol. The van der Waals surface area contributed by atoms with Gasteiger partial charge in [0.1, 0.15) is 5.82 Å². The summed E-state index contributed by atoms with van der Waals surface area (Å²) in [5, 5.41) is 14.7. The first-order valence-corrected chi connectivity index (χ1v) is 9.55. The number of allylic oxidation sites excluding steroid dienone is 2. The number of imidazole rings is 1. The van der Waals surface area contributed by atoms with Gasteiger partial charge in [-0.2, -0.15) is 0 Å². The third-order valence-corrected chi connectivity index (χ3v) is 6.11. The minimum Gasteiger partial charge on any atom is -0.395 e. The minimum atomic E-state index is -0.605. The third-order valence-electron chi connectivity index (χ3n) is 5.88. The van der Waals surface area contributed by atoms with E-state index in [4.69, 9.17) is 11.6 Å². The summed E-state index contributed by atoms with van der Waals surface area (Å²) in [6.45, 7) is 4.03. The molecule has 1 aromatic heterocycles. The van der Waals surface area contributed by atoms with Crippen molar-refractivity contribution in [2.45, 2.75) is 31.7 Å². The van der Waals surface area contributed by atoms with E-state index in [2.05, 4.69) is 40.0 Å². The van der Waals surface area contributed by atoms with Crippen molar-refractivity contribution in [1.29, 1.82) is 0 Å². The number of halogens is 1. The Balaban J connectivity index is 1.98. The summed E-state index contributed by atoms with van der Waals surface area (Å²) in [5.74, 6) is 0.921. The number of hydrogen-bond acceptors (Lipinski definition) is 3. The average Bonchev–Trinajstić information content (AvgIpc) is 2.91. The molecule has 0 fully saturated rings. The molecule has 2 heterocycles. The molecule has 0 amide bonds. The lowest BCUT2D eigenvalue weighted by atomic mass is 9.75. The number of aromatic nitrogens is 2. The van der Waals surface area contributed by atoms with E-state index >= 15 is 0 Å². The van der Waals surface area contributed by atoms with Crippen molar-refractivity contribution < 1.29 is 5.11 Å². The van der Waals surface area contributed by atoms with Gasteiger partial charge in [-0.1, -0.05) is 29.8 Å². The Morgan fingerprint density at radius 1 is 1.41 bits per heavy atom. The first-order chi connectivity index (χ1) is 12.9. The van der Waals surface area contributed by atoms with Crippen LogP contribution in [0.5, 0.6) is 0 Å². The Morgan fingerprint density at radius 2 is 2.22 bits per heavy atom. The molecular weight excluding hydrogens is 358 g/mol. The number of fused-ring (bicyclic) bond motifs is 2. The van der Waals surface area contributed by atoms with E-state index in [1.807, 2.05) is 44.6 Å². The normalized spacial score (nSPS) is 20.6. The van der Waals surface area contributed by atoms with Crippen LogP contribution in [0.3, 0.4) is 0 Å². The van der Waals surface area contributed by atoms with Crippen molar-refractivity contribution in [3.05, 3.63) is 82.1 Å². The summed E-state index contributed by atoms with van der Waals surface area (Å²) in [6, 6.07) is 6.27. The van der Waals surface area contributed by atoms with Crippen LogP contribution in [0.25, 0.3) is 5.57 Å². The van der Waals surface area contributed by atoms with Gasteiger partial charge in [0.2, 0.25) is 0 Å². The second-order valence-corrected chi connectivity index (χ2v) is 7.98. The van der Waals surface area contributed by atoms with Crippen LogP contribution in [-0.4, -0.2) is 27.3 Å². The fraction of sp³-hybridized carbons (Fsp3) is 0.318. The fourth-order valence-corrected chi connectivity index (χ4v) is 4.26. The third kappa shape index (κ3) is 2.93. The summed E-state index contributed by atoms with van der Waals surface area (Å²) < 4.78 is 2.05. The molecule has 0 saturated carbocycles. The summed E-state index contributed by atoms with van der Waals surface area (Å²) in [7, 11) is 1.99. The molecule has 140 valence electrons.